The van der Waals surface area contributed by atoms with E-state index in [0.29, 0.717) is 56.6 Å². The molecular formula is C25H29N7O3S. The van der Waals surface area contributed by atoms with Gasteiger partial charge in [0.1, 0.15) is 0 Å². The SMILES string of the molecule is O=C(CSc1nc(Nc2ccccc2)nc(N2CCOCC2)n1)Nc1ccccc1N1CCOCC1. The summed E-state index contributed by atoms with van der Waals surface area (Å²) >= 11 is 1.29. The zero-order chi connectivity index (χ0) is 24.6. The second-order valence-electron chi connectivity index (χ2n) is 8.29. The number of benzene rings is 2. The van der Waals surface area contributed by atoms with E-state index in [2.05, 4.69) is 35.4 Å². The summed E-state index contributed by atoms with van der Waals surface area (Å²) in [7, 11) is 0. The lowest BCUT2D eigenvalue weighted by molar-refractivity contribution is -0.113. The molecule has 2 fully saturated rings. The van der Waals surface area contributed by atoms with Crippen molar-refractivity contribution in [3.8, 4) is 0 Å². The van der Waals surface area contributed by atoms with Crippen molar-refractivity contribution in [2.45, 2.75) is 5.16 Å². The average Bonchev–Trinajstić information content (AvgIpc) is 2.94. The normalized spacial score (nSPS) is 16.0. The van der Waals surface area contributed by atoms with E-state index in [9.17, 15) is 4.79 Å². The first-order valence-electron chi connectivity index (χ1n) is 12.0. The predicted octanol–water partition coefficient (Wildman–Crippen LogP) is 3.02. The molecule has 36 heavy (non-hydrogen) atoms. The Labute approximate surface area is 214 Å². The third-order valence-electron chi connectivity index (χ3n) is 5.79. The number of thioether (sulfide) groups is 1. The molecule has 0 saturated carbocycles. The molecule has 5 rings (SSSR count). The van der Waals surface area contributed by atoms with Gasteiger partial charge in [-0.25, -0.2) is 0 Å². The van der Waals surface area contributed by atoms with Gasteiger partial charge in [-0.15, -0.1) is 0 Å². The number of rotatable bonds is 8. The minimum absolute atomic E-state index is 0.119. The van der Waals surface area contributed by atoms with E-state index in [0.717, 1.165) is 30.2 Å². The van der Waals surface area contributed by atoms with Crippen molar-refractivity contribution in [3.63, 3.8) is 0 Å². The molecule has 2 N–H and O–H groups in total. The minimum atomic E-state index is -0.119. The number of ether oxygens (including phenoxy) is 2. The van der Waals surface area contributed by atoms with Gasteiger partial charge in [-0.1, -0.05) is 42.1 Å². The highest BCUT2D eigenvalue weighted by molar-refractivity contribution is 7.99. The summed E-state index contributed by atoms with van der Waals surface area (Å²) in [4.78, 5) is 31.0. The van der Waals surface area contributed by atoms with Crippen LogP contribution in [0.25, 0.3) is 0 Å². The van der Waals surface area contributed by atoms with Gasteiger partial charge in [0.2, 0.25) is 17.8 Å². The second kappa shape index (κ2) is 12.0. The Morgan fingerprint density at radius 3 is 2.25 bits per heavy atom. The Hall–Kier alpha value is -3.41. The van der Waals surface area contributed by atoms with Crippen LogP contribution in [0.4, 0.5) is 29.0 Å². The van der Waals surface area contributed by atoms with Gasteiger partial charge in [0, 0.05) is 31.9 Å². The van der Waals surface area contributed by atoms with Gasteiger partial charge in [0.25, 0.3) is 0 Å². The highest BCUT2D eigenvalue weighted by Gasteiger charge is 2.19. The van der Waals surface area contributed by atoms with Crippen LogP contribution in [-0.4, -0.2) is 79.2 Å². The van der Waals surface area contributed by atoms with Crippen molar-refractivity contribution in [1.82, 2.24) is 15.0 Å². The molecule has 11 heteroatoms. The lowest BCUT2D eigenvalue weighted by Crippen LogP contribution is -2.37. The van der Waals surface area contributed by atoms with E-state index in [1.54, 1.807) is 0 Å². The van der Waals surface area contributed by atoms with Crippen LogP contribution in [0.1, 0.15) is 0 Å². The van der Waals surface area contributed by atoms with Gasteiger partial charge in [-0.05, 0) is 24.3 Å². The summed E-state index contributed by atoms with van der Waals surface area (Å²) in [5.74, 6) is 1.08. The number of anilines is 5. The van der Waals surface area contributed by atoms with Gasteiger partial charge in [0.05, 0.1) is 43.6 Å². The van der Waals surface area contributed by atoms with Crippen LogP contribution in [0.5, 0.6) is 0 Å². The topological polar surface area (TPSA) is 105 Å². The van der Waals surface area contributed by atoms with Crippen LogP contribution in [0.2, 0.25) is 0 Å². The Morgan fingerprint density at radius 2 is 1.50 bits per heavy atom. The molecule has 0 bridgehead atoms. The molecule has 2 aliphatic heterocycles. The molecule has 2 aromatic carbocycles. The molecule has 3 heterocycles. The molecule has 0 radical (unpaired) electrons. The first-order valence-corrected chi connectivity index (χ1v) is 13.0. The monoisotopic (exact) mass is 507 g/mol. The Bertz CT molecular complexity index is 1160. The Kier molecular flexibility index (Phi) is 8.11. The van der Waals surface area contributed by atoms with E-state index in [-0.39, 0.29) is 11.7 Å². The zero-order valence-corrected chi connectivity index (χ0v) is 20.7. The number of aromatic nitrogens is 3. The maximum Gasteiger partial charge on any atom is 0.234 e. The number of hydrogen-bond acceptors (Lipinski definition) is 10. The number of para-hydroxylation sites is 3. The fraction of sp³-hybridized carbons (Fsp3) is 0.360. The standard InChI is InChI=1S/C25H29N7O3S/c33-22(27-20-8-4-5-9-21(20)31-10-14-34-15-11-31)18-36-25-29-23(26-19-6-2-1-3-7-19)28-24(30-25)32-12-16-35-17-13-32/h1-9H,10-18H2,(H,27,33)(H,26,28,29,30). The van der Waals surface area contributed by atoms with Crippen molar-refractivity contribution in [2.75, 3.05) is 78.8 Å². The van der Waals surface area contributed by atoms with Crippen LogP contribution >= 0.6 is 11.8 Å². The summed E-state index contributed by atoms with van der Waals surface area (Å²) in [5, 5.41) is 6.79. The number of nitrogens with one attached hydrogen (secondary N) is 2. The highest BCUT2D eigenvalue weighted by atomic mass is 32.2. The maximum atomic E-state index is 12.9. The first-order chi connectivity index (χ1) is 17.7. The number of hydrogen-bond donors (Lipinski definition) is 2. The van der Waals surface area contributed by atoms with E-state index in [1.807, 2.05) is 54.6 Å². The smallest absolute Gasteiger partial charge is 0.234 e. The van der Waals surface area contributed by atoms with E-state index >= 15 is 0 Å². The fourth-order valence-corrected chi connectivity index (χ4v) is 4.63. The minimum Gasteiger partial charge on any atom is -0.378 e. The molecule has 10 nitrogen and oxygen atoms in total. The van der Waals surface area contributed by atoms with Crippen molar-refractivity contribution in [2.24, 2.45) is 0 Å². The number of morpholine rings is 2. The lowest BCUT2D eigenvalue weighted by Gasteiger charge is -2.30. The van der Waals surface area contributed by atoms with E-state index in [4.69, 9.17) is 9.47 Å². The van der Waals surface area contributed by atoms with E-state index in [1.165, 1.54) is 11.8 Å². The molecule has 3 aromatic rings. The van der Waals surface area contributed by atoms with Gasteiger partial charge >= 0.3 is 0 Å². The van der Waals surface area contributed by atoms with Gasteiger partial charge in [0.15, 0.2) is 5.16 Å². The van der Waals surface area contributed by atoms with Crippen molar-refractivity contribution >= 4 is 46.6 Å². The summed E-state index contributed by atoms with van der Waals surface area (Å²) < 4.78 is 10.9. The van der Waals surface area contributed by atoms with Gasteiger partial charge in [-0.2, -0.15) is 15.0 Å². The quantitative estimate of drug-likeness (QED) is 0.442. The first kappa shape index (κ1) is 24.3. The van der Waals surface area contributed by atoms with Crippen molar-refractivity contribution in [3.05, 3.63) is 54.6 Å². The Morgan fingerprint density at radius 1 is 0.833 bits per heavy atom. The van der Waals surface area contributed by atoms with E-state index < -0.39 is 0 Å². The molecule has 1 aromatic heterocycles. The molecule has 0 aliphatic carbocycles. The Balaban J connectivity index is 1.28. The summed E-state index contributed by atoms with van der Waals surface area (Å²) in [6.45, 7) is 5.63. The fourth-order valence-electron chi connectivity index (χ4n) is 4.00. The summed E-state index contributed by atoms with van der Waals surface area (Å²) in [5.41, 5.74) is 2.68. The van der Waals surface area contributed by atoms with Gasteiger partial charge in [-0.3, -0.25) is 4.79 Å². The van der Waals surface area contributed by atoms with Crippen molar-refractivity contribution < 1.29 is 14.3 Å². The number of amides is 1. The summed E-state index contributed by atoms with van der Waals surface area (Å²) in [6.07, 6.45) is 0. The highest BCUT2D eigenvalue weighted by Crippen LogP contribution is 2.27. The molecule has 2 saturated heterocycles. The van der Waals surface area contributed by atoms with Crippen LogP contribution in [-0.2, 0) is 14.3 Å². The third kappa shape index (κ3) is 6.42. The third-order valence-corrected chi connectivity index (χ3v) is 6.64. The molecular weight excluding hydrogens is 478 g/mol. The molecule has 188 valence electrons. The van der Waals surface area contributed by atoms with Gasteiger partial charge < -0.3 is 29.9 Å². The van der Waals surface area contributed by atoms with Crippen LogP contribution in [0.15, 0.2) is 59.8 Å². The summed E-state index contributed by atoms with van der Waals surface area (Å²) in [6, 6.07) is 17.6. The molecule has 2 aliphatic rings. The van der Waals surface area contributed by atoms with Crippen LogP contribution in [0.3, 0.4) is 0 Å². The largest absolute Gasteiger partial charge is 0.378 e. The molecule has 0 unspecified atom stereocenters. The maximum absolute atomic E-state index is 12.9. The van der Waals surface area contributed by atoms with Crippen LogP contribution < -0.4 is 20.4 Å². The average molecular weight is 508 g/mol. The molecule has 1 amide bonds. The lowest BCUT2D eigenvalue weighted by atomic mass is 10.2. The second-order valence-corrected chi connectivity index (χ2v) is 9.23. The predicted molar refractivity (Wildman–Crippen MR) is 141 cm³/mol. The number of carbonyl (C=O) groups excluding carboxylic acids is 1. The van der Waals surface area contributed by atoms with Crippen molar-refractivity contribution in [1.29, 1.82) is 0 Å². The number of nitrogens with zero attached hydrogens (tertiary/aromatic N) is 5. The molecule has 0 atom stereocenters. The van der Waals surface area contributed by atoms with Crippen LogP contribution in [0, 0.1) is 0 Å². The molecule has 0 spiro atoms. The number of carbonyl (C=O) groups is 1. The zero-order valence-electron chi connectivity index (χ0n) is 19.9.